The first kappa shape index (κ1) is 16.1. The van der Waals surface area contributed by atoms with Gasteiger partial charge in [0.25, 0.3) is 5.91 Å². The molecule has 1 saturated heterocycles. The third kappa shape index (κ3) is 4.36. The third-order valence-corrected chi connectivity index (χ3v) is 4.36. The average Bonchev–Trinajstić information content (AvgIpc) is 2.81. The van der Waals surface area contributed by atoms with E-state index >= 15 is 0 Å². The molecule has 0 aromatic carbocycles. The van der Waals surface area contributed by atoms with Crippen molar-refractivity contribution in [3.8, 4) is 0 Å². The Morgan fingerprint density at radius 2 is 2.00 bits per heavy atom. The minimum atomic E-state index is 0.00554. The van der Waals surface area contributed by atoms with Gasteiger partial charge in [-0.3, -0.25) is 14.7 Å². The molecule has 1 aliphatic rings. The van der Waals surface area contributed by atoms with Gasteiger partial charge in [-0.05, 0) is 46.6 Å². The summed E-state index contributed by atoms with van der Waals surface area (Å²) < 4.78 is 0.690. The van der Waals surface area contributed by atoms with Crippen molar-refractivity contribution in [3.63, 3.8) is 0 Å². The van der Waals surface area contributed by atoms with Crippen LogP contribution in [0.5, 0.6) is 0 Å². The fourth-order valence-corrected chi connectivity index (χ4v) is 3.09. The summed E-state index contributed by atoms with van der Waals surface area (Å²) in [6.45, 7) is 4.16. The van der Waals surface area contributed by atoms with E-state index < -0.39 is 0 Å². The van der Waals surface area contributed by atoms with Crippen LogP contribution in [-0.4, -0.2) is 51.9 Å². The number of hydrogen-bond donors (Lipinski definition) is 0. The Morgan fingerprint density at radius 1 is 1.09 bits per heavy atom. The Morgan fingerprint density at radius 3 is 2.78 bits per heavy atom. The van der Waals surface area contributed by atoms with Crippen LogP contribution in [0, 0.1) is 0 Å². The van der Waals surface area contributed by atoms with Gasteiger partial charge in [0.15, 0.2) is 0 Å². The number of amides is 1. The van der Waals surface area contributed by atoms with E-state index in [4.69, 9.17) is 0 Å². The van der Waals surface area contributed by atoms with Gasteiger partial charge in [0.1, 0.15) is 10.3 Å². The third-order valence-electron chi connectivity index (χ3n) is 3.92. The van der Waals surface area contributed by atoms with E-state index in [9.17, 15) is 4.79 Å². The summed E-state index contributed by atoms with van der Waals surface area (Å²) >= 11 is 3.32. The number of rotatable bonds is 3. The molecule has 2 aromatic heterocycles. The maximum atomic E-state index is 12.6. The molecular weight excluding hydrogens is 356 g/mol. The zero-order chi connectivity index (χ0) is 16.1. The Kier molecular flexibility index (Phi) is 5.35. The van der Waals surface area contributed by atoms with Gasteiger partial charge in [-0.15, -0.1) is 0 Å². The molecular formula is C17H19BrN4O. The first-order valence-corrected chi connectivity index (χ1v) is 8.56. The molecule has 0 N–H and O–H groups in total. The highest BCUT2D eigenvalue weighted by Gasteiger charge is 2.21. The zero-order valence-electron chi connectivity index (χ0n) is 12.9. The number of hydrogen-bond acceptors (Lipinski definition) is 4. The molecule has 1 fully saturated rings. The van der Waals surface area contributed by atoms with Crippen LogP contribution in [0.2, 0.25) is 0 Å². The quantitative estimate of drug-likeness (QED) is 0.774. The summed E-state index contributed by atoms with van der Waals surface area (Å²) in [5.41, 5.74) is 1.57. The van der Waals surface area contributed by atoms with Crippen molar-refractivity contribution >= 4 is 21.8 Å². The van der Waals surface area contributed by atoms with Crippen molar-refractivity contribution in [2.24, 2.45) is 0 Å². The normalized spacial score (nSPS) is 16.1. The molecule has 0 saturated carbocycles. The maximum Gasteiger partial charge on any atom is 0.272 e. The Hall–Kier alpha value is -1.79. The summed E-state index contributed by atoms with van der Waals surface area (Å²) in [7, 11) is 0. The molecule has 5 nitrogen and oxygen atoms in total. The van der Waals surface area contributed by atoms with Crippen molar-refractivity contribution in [2.75, 3.05) is 26.2 Å². The molecule has 1 aliphatic heterocycles. The van der Waals surface area contributed by atoms with Crippen LogP contribution >= 0.6 is 15.9 Å². The molecule has 0 atom stereocenters. The van der Waals surface area contributed by atoms with Gasteiger partial charge in [0.2, 0.25) is 0 Å². The van der Waals surface area contributed by atoms with Crippen molar-refractivity contribution in [1.29, 1.82) is 0 Å². The highest BCUT2D eigenvalue weighted by atomic mass is 79.9. The fraction of sp³-hybridized carbons (Fsp3) is 0.353. The molecule has 0 radical (unpaired) electrons. The summed E-state index contributed by atoms with van der Waals surface area (Å²) in [4.78, 5) is 25.5. The lowest BCUT2D eigenvalue weighted by Gasteiger charge is -2.21. The van der Waals surface area contributed by atoms with Crippen molar-refractivity contribution in [1.82, 2.24) is 19.8 Å². The highest BCUT2D eigenvalue weighted by Crippen LogP contribution is 2.12. The standard InChI is InChI=1S/C17H19BrN4O/c18-16-7-3-6-15(20-16)17(23)22-10-4-9-21(11-12-22)13-14-5-1-2-8-19-14/h1-3,5-8H,4,9-13H2. The van der Waals surface area contributed by atoms with Gasteiger partial charge in [-0.1, -0.05) is 12.1 Å². The number of pyridine rings is 2. The molecule has 0 unspecified atom stereocenters. The minimum absolute atomic E-state index is 0.00554. The lowest BCUT2D eigenvalue weighted by Crippen LogP contribution is -2.35. The second-order valence-corrected chi connectivity index (χ2v) is 6.40. The van der Waals surface area contributed by atoms with Gasteiger partial charge < -0.3 is 4.90 Å². The Labute approximate surface area is 144 Å². The van der Waals surface area contributed by atoms with Crippen LogP contribution in [-0.2, 0) is 6.54 Å². The van der Waals surface area contributed by atoms with Crippen LogP contribution in [0.3, 0.4) is 0 Å². The molecule has 120 valence electrons. The maximum absolute atomic E-state index is 12.6. The molecule has 0 bridgehead atoms. The van der Waals surface area contributed by atoms with E-state index in [1.807, 2.05) is 41.4 Å². The van der Waals surface area contributed by atoms with Crippen LogP contribution < -0.4 is 0 Å². The summed E-state index contributed by atoms with van der Waals surface area (Å²) in [5.74, 6) is 0.00554. The van der Waals surface area contributed by atoms with E-state index in [0.29, 0.717) is 10.3 Å². The Bertz CT molecular complexity index is 665. The van der Waals surface area contributed by atoms with E-state index in [1.54, 1.807) is 6.07 Å². The largest absolute Gasteiger partial charge is 0.336 e. The predicted octanol–water partition coefficient (Wildman–Crippen LogP) is 2.59. The van der Waals surface area contributed by atoms with Crippen molar-refractivity contribution in [3.05, 3.63) is 58.6 Å². The number of halogens is 1. The summed E-state index contributed by atoms with van der Waals surface area (Å²) in [6.07, 6.45) is 2.79. The molecule has 3 rings (SSSR count). The second-order valence-electron chi connectivity index (χ2n) is 5.59. The lowest BCUT2D eigenvalue weighted by atomic mass is 10.3. The smallest absolute Gasteiger partial charge is 0.272 e. The molecule has 6 heteroatoms. The van der Waals surface area contributed by atoms with E-state index in [0.717, 1.165) is 44.8 Å². The van der Waals surface area contributed by atoms with E-state index in [2.05, 4.69) is 30.8 Å². The molecule has 0 aliphatic carbocycles. The van der Waals surface area contributed by atoms with Crippen molar-refractivity contribution in [2.45, 2.75) is 13.0 Å². The lowest BCUT2D eigenvalue weighted by molar-refractivity contribution is 0.0755. The van der Waals surface area contributed by atoms with Gasteiger partial charge in [-0.25, -0.2) is 4.98 Å². The average molecular weight is 375 g/mol. The number of nitrogens with zero attached hydrogens (tertiary/aromatic N) is 4. The molecule has 3 heterocycles. The topological polar surface area (TPSA) is 49.3 Å². The SMILES string of the molecule is O=C(c1cccc(Br)n1)N1CCCN(Cc2ccccn2)CC1. The van der Waals surface area contributed by atoms with E-state index in [-0.39, 0.29) is 5.91 Å². The van der Waals surface area contributed by atoms with Crippen LogP contribution in [0.25, 0.3) is 0 Å². The minimum Gasteiger partial charge on any atom is -0.336 e. The monoisotopic (exact) mass is 374 g/mol. The van der Waals surface area contributed by atoms with Crippen LogP contribution in [0.4, 0.5) is 0 Å². The molecule has 1 amide bonds. The van der Waals surface area contributed by atoms with Gasteiger partial charge in [-0.2, -0.15) is 0 Å². The zero-order valence-corrected chi connectivity index (χ0v) is 14.4. The van der Waals surface area contributed by atoms with Crippen molar-refractivity contribution < 1.29 is 4.79 Å². The summed E-state index contributed by atoms with van der Waals surface area (Å²) in [5, 5.41) is 0. The van der Waals surface area contributed by atoms with Gasteiger partial charge >= 0.3 is 0 Å². The highest BCUT2D eigenvalue weighted by molar-refractivity contribution is 9.10. The summed E-state index contributed by atoms with van der Waals surface area (Å²) in [6, 6.07) is 11.4. The van der Waals surface area contributed by atoms with Gasteiger partial charge in [0, 0.05) is 38.9 Å². The second kappa shape index (κ2) is 7.66. The molecule has 2 aromatic rings. The molecule has 0 spiro atoms. The predicted molar refractivity (Wildman–Crippen MR) is 92.0 cm³/mol. The number of carbonyl (C=O) groups excluding carboxylic acids is 1. The molecule has 23 heavy (non-hydrogen) atoms. The first-order chi connectivity index (χ1) is 11.2. The first-order valence-electron chi connectivity index (χ1n) is 7.76. The Balaban J connectivity index is 1.61. The van der Waals surface area contributed by atoms with Crippen LogP contribution in [0.1, 0.15) is 22.6 Å². The van der Waals surface area contributed by atoms with E-state index in [1.165, 1.54) is 0 Å². The number of aromatic nitrogens is 2. The number of carbonyl (C=O) groups is 1. The fourth-order valence-electron chi connectivity index (χ4n) is 2.74. The van der Waals surface area contributed by atoms with Crippen LogP contribution in [0.15, 0.2) is 47.2 Å². The van der Waals surface area contributed by atoms with Gasteiger partial charge in [0.05, 0.1) is 5.69 Å².